The van der Waals surface area contributed by atoms with Gasteiger partial charge >= 0.3 is 5.69 Å². The zero-order chi connectivity index (χ0) is 14.8. The van der Waals surface area contributed by atoms with E-state index in [1.54, 1.807) is 19.2 Å². The molecule has 0 spiro atoms. The van der Waals surface area contributed by atoms with Gasteiger partial charge in [0.1, 0.15) is 0 Å². The number of nitrogens with one attached hydrogen (secondary N) is 1. The number of hydrogen-bond acceptors (Lipinski definition) is 5. The number of unbranched alkanes of at least 4 members (excludes halogenated alkanes) is 1. The molecule has 0 aliphatic rings. The Morgan fingerprint density at radius 1 is 1.35 bits per heavy atom. The average molecular weight is 282 g/mol. The lowest BCUT2D eigenvalue weighted by Crippen LogP contribution is -2.18. The normalized spacial score (nSPS) is 10.5. The zero-order valence-electron chi connectivity index (χ0n) is 12.1. The second-order valence-electron chi connectivity index (χ2n) is 4.43. The molecule has 1 rings (SSSR count). The highest BCUT2D eigenvalue weighted by atomic mass is 16.6. The van der Waals surface area contributed by atoms with E-state index < -0.39 is 4.92 Å². The number of rotatable bonds is 10. The summed E-state index contributed by atoms with van der Waals surface area (Å²) >= 11 is 0. The highest BCUT2D eigenvalue weighted by Crippen LogP contribution is 2.28. The van der Waals surface area contributed by atoms with Crippen LogP contribution >= 0.6 is 0 Å². The molecule has 0 bridgehead atoms. The Hall–Kier alpha value is -1.66. The predicted molar refractivity (Wildman–Crippen MR) is 77.1 cm³/mol. The van der Waals surface area contributed by atoms with Crippen LogP contribution in [0, 0.1) is 10.1 Å². The summed E-state index contributed by atoms with van der Waals surface area (Å²) < 4.78 is 10.4. The van der Waals surface area contributed by atoms with Crippen LogP contribution in [0.4, 0.5) is 5.69 Å². The fourth-order valence-corrected chi connectivity index (χ4v) is 1.67. The van der Waals surface area contributed by atoms with Gasteiger partial charge in [-0.15, -0.1) is 0 Å². The maximum atomic E-state index is 11.1. The largest absolute Gasteiger partial charge is 0.487 e. The molecule has 0 heterocycles. The van der Waals surface area contributed by atoms with Gasteiger partial charge in [-0.1, -0.05) is 19.4 Å². The van der Waals surface area contributed by atoms with Gasteiger partial charge in [0.2, 0.25) is 0 Å². The van der Waals surface area contributed by atoms with Crippen molar-refractivity contribution in [3.05, 3.63) is 33.9 Å². The van der Waals surface area contributed by atoms with Crippen LogP contribution in [0.25, 0.3) is 0 Å². The third kappa shape index (κ3) is 5.54. The zero-order valence-corrected chi connectivity index (χ0v) is 12.1. The van der Waals surface area contributed by atoms with Gasteiger partial charge in [-0.25, -0.2) is 0 Å². The summed E-state index contributed by atoms with van der Waals surface area (Å²) in [6.07, 6.45) is 1.88. The third-order valence-electron chi connectivity index (χ3n) is 2.79. The number of nitrogens with zero attached hydrogens (tertiary/aromatic N) is 1. The standard InChI is InChI=1S/C14H22N2O4/c1-3-4-8-20-14-6-5-12(10-13(14)16(17)18)11-15-7-9-19-2/h5-6,10,15H,3-4,7-9,11H2,1-2H3. The van der Waals surface area contributed by atoms with E-state index in [-0.39, 0.29) is 5.69 Å². The lowest BCUT2D eigenvalue weighted by molar-refractivity contribution is -0.385. The molecule has 1 N–H and O–H groups in total. The molecule has 0 aliphatic heterocycles. The molecule has 0 aromatic heterocycles. The summed E-state index contributed by atoms with van der Waals surface area (Å²) in [4.78, 5) is 10.7. The highest BCUT2D eigenvalue weighted by Gasteiger charge is 2.15. The maximum absolute atomic E-state index is 11.1. The Balaban J connectivity index is 2.66. The van der Waals surface area contributed by atoms with Gasteiger partial charge in [-0.2, -0.15) is 0 Å². The van der Waals surface area contributed by atoms with Gasteiger partial charge in [0.05, 0.1) is 18.1 Å². The van der Waals surface area contributed by atoms with Crippen molar-refractivity contribution in [1.82, 2.24) is 5.32 Å². The van der Waals surface area contributed by atoms with Gasteiger partial charge in [0.25, 0.3) is 0 Å². The van der Waals surface area contributed by atoms with E-state index in [9.17, 15) is 10.1 Å². The minimum atomic E-state index is -0.403. The summed E-state index contributed by atoms with van der Waals surface area (Å²) in [5.74, 6) is 0.337. The number of nitro benzene ring substituents is 1. The smallest absolute Gasteiger partial charge is 0.311 e. The fourth-order valence-electron chi connectivity index (χ4n) is 1.67. The molecular formula is C14H22N2O4. The topological polar surface area (TPSA) is 73.6 Å². The highest BCUT2D eigenvalue weighted by molar-refractivity contribution is 5.48. The summed E-state index contributed by atoms with van der Waals surface area (Å²) in [7, 11) is 1.63. The first-order chi connectivity index (χ1) is 9.69. The number of hydrogen-bond donors (Lipinski definition) is 1. The summed E-state index contributed by atoms with van der Waals surface area (Å²) in [5.41, 5.74) is 0.878. The minimum Gasteiger partial charge on any atom is -0.487 e. The first kappa shape index (κ1) is 16.4. The molecule has 20 heavy (non-hydrogen) atoms. The molecule has 1 aromatic rings. The number of nitro groups is 1. The summed E-state index contributed by atoms with van der Waals surface area (Å²) in [6.45, 7) is 4.44. The molecule has 6 heteroatoms. The van der Waals surface area contributed by atoms with Crippen LogP contribution in [0.3, 0.4) is 0 Å². The molecule has 0 amide bonds. The quantitative estimate of drug-likeness (QED) is 0.405. The average Bonchev–Trinajstić information content (AvgIpc) is 2.44. The van der Waals surface area contributed by atoms with Crippen LogP contribution in [-0.4, -0.2) is 31.8 Å². The Kier molecular flexibility index (Phi) is 7.60. The van der Waals surface area contributed by atoms with Crippen molar-refractivity contribution in [2.24, 2.45) is 0 Å². The first-order valence-electron chi connectivity index (χ1n) is 6.78. The van der Waals surface area contributed by atoms with Crippen molar-refractivity contribution < 1.29 is 14.4 Å². The van der Waals surface area contributed by atoms with Crippen molar-refractivity contribution in [2.45, 2.75) is 26.3 Å². The van der Waals surface area contributed by atoms with Crippen LogP contribution in [0.5, 0.6) is 5.75 Å². The van der Waals surface area contributed by atoms with Crippen LogP contribution < -0.4 is 10.1 Å². The van der Waals surface area contributed by atoms with E-state index in [1.807, 2.05) is 13.0 Å². The molecule has 0 fully saturated rings. The van der Waals surface area contributed by atoms with Crippen molar-refractivity contribution in [2.75, 3.05) is 26.9 Å². The predicted octanol–water partition coefficient (Wildman–Crippen LogP) is 2.51. The molecule has 0 atom stereocenters. The van der Waals surface area contributed by atoms with E-state index in [4.69, 9.17) is 9.47 Å². The number of benzene rings is 1. The van der Waals surface area contributed by atoms with Crippen LogP contribution in [0.2, 0.25) is 0 Å². The van der Waals surface area contributed by atoms with Gasteiger partial charge in [-0.3, -0.25) is 10.1 Å². The molecule has 0 unspecified atom stereocenters. The van der Waals surface area contributed by atoms with E-state index >= 15 is 0 Å². The molecular weight excluding hydrogens is 260 g/mol. The third-order valence-corrected chi connectivity index (χ3v) is 2.79. The van der Waals surface area contributed by atoms with Crippen LogP contribution in [0.1, 0.15) is 25.3 Å². The SMILES string of the molecule is CCCCOc1ccc(CNCCOC)cc1[N+](=O)[O-]. The number of ether oxygens (including phenoxy) is 2. The van der Waals surface area contributed by atoms with Gasteiger partial charge in [0.15, 0.2) is 5.75 Å². The monoisotopic (exact) mass is 282 g/mol. The summed E-state index contributed by atoms with van der Waals surface area (Å²) in [5, 5.41) is 14.2. The minimum absolute atomic E-state index is 0.0205. The Morgan fingerprint density at radius 2 is 2.15 bits per heavy atom. The molecule has 1 aromatic carbocycles. The molecule has 112 valence electrons. The lowest BCUT2D eigenvalue weighted by Gasteiger charge is -2.08. The van der Waals surface area contributed by atoms with Gasteiger partial charge < -0.3 is 14.8 Å². The van der Waals surface area contributed by atoms with Crippen molar-refractivity contribution in [3.8, 4) is 5.75 Å². The first-order valence-corrected chi connectivity index (χ1v) is 6.78. The second kappa shape index (κ2) is 9.28. The summed E-state index contributed by atoms with van der Waals surface area (Å²) in [6, 6.07) is 5.07. The molecule has 0 radical (unpaired) electrons. The molecule has 0 saturated heterocycles. The van der Waals surface area contributed by atoms with E-state index in [0.717, 1.165) is 18.4 Å². The fraction of sp³-hybridized carbons (Fsp3) is 0.571. The van der Waals surface area contributed by atoms with Crippen LogP contribution in [0.15, 0.2) is 18.2 Å². The van der Waals surface area contributed by atoms with E-state index in [0.29, 0.717) is 32.1 Å². The Labute approximate surface area is 119 Å². The Morgan fingerprint density at radius 3 is 2.80 bits per heavy atom. The van der Waals surface area contributed by atoms with Crippen molar-refractivity contribution in [3.63, 3.8) is 0 Å². The van der Waals surface area contributed by atoms with Crippen LogP contribution in [-0.2, 0) is 11.3 Å². The molecule has 0 saturated carbocycles. The van der Waals surface area contributed by atoms with Crippen molar-refractivity contribution in [1.29, 1.82) is 0 Å². The van der Waals surface area contributed by atoms with Gasteiger partial charge in [-0.05, 0) is 18.1 Å². The molecule has 0 aliphatic carbocycles. The van der Waals surface area contributed by atoms with Crippen molar-refractivity contribution >= 4 is 5.69 Å². The maximum Gasteiger partial charge on any atom is 0.311 e. The van der Waals surface area contributed by atoms with E-state index in [2.05, 4.69) is 5.32 Å². The second-order valence-corrected chi connectivity index (χ2v) is 4.43. The Bertz CT molecular complexity index is 424. The van der Waals surface area contributed by atoms with E-state index in [1.165, 1.54) is 0 Å². The molecule has 6 nitrogen and oxygen atoms in total. The van der Waals surface area contributed by atoms with Gasteiger partial charge in [0, 0.05) is 26.3 Å². The lowest BCUT2D eigenvalue weighted by atomic mass is 10.2. The number of methoxy groups -OCH3 is 1.